The summed E-state index contributed by atoms with van der Waals surface area (Å²) in [5.74, 6) is -0.375. The number of hydrogen-bond acceptors (Lipinski definition) is 7. The highest BCUT2D eigenvalue weighted by atomic mass is 32.2. The molecule has 1 aromatic heterocycles. The molecule has 10 heteroatoms. The van der Waals surface area contributed by atoms with Crippen molar-refractivity contribution in [2.45, 2.75) is 25.2 Å². The van der Waals surface area contributed by atoms with E-state index in [-0.39, 0.29) is 10.8 Å². The molecule has 184 valence electrons. The van der Waals surface area contributed by atoms with Gasteiger partial charge in [-0.25, -0.2) is 13.6 Å². The zero-order valence-electron chi connectivity index (χ0n) is 19.7. The topological polar surface area (TPSA) is 161 Å². The molecule has 0 unspecified atom stereocenters. The minimum absolute atomic E-state index is 0.0303. The first-order valence-electron chi connectivity index (χ1n) is 11.0. The molecule has 0 aliphatic heterocycles. The molecule has 0 atom stereocenters. The molecule has 1 aliphatic rings. The van der Waals surface area contributed by atoms with Crippen LogP contribution in [0.2, 0.25) is 0 Å². The van der Waals surface area contributed by atoms with Gasteiger partial charge in [-0.2, -0.15) is 0 Å². The summed E-state index contributed by atoms with van der Waals surface area (Å²) in [4.78, 5) is 17.6. The van der Waals surface area contributed by atoms with E-state index in [0.717, 1.165) is 5.56 Å². The number of aryl methyl sites for hydroxylation is 1. The van der Waals surface area contributed by atoms with Gasteiger partial charge in [-0.05, 0) is 55.3 Å². The quantitative estimate of drug-likeness (QED) is 0.306. The van der Waals surface area contributed by atoms with Crippen molar-refractivity contribution in [3.05, 3.63) is 95.0 Å². The molecule has 6 N–H and O–H groups in total. The van der Waals surface area contributed by atoms with Gasteiger partial charge in [0.15, 0.2) is 0 Å². The number of rotatable bonds is 5. The molecule has 0 saturated carbocycles. The molecule has 36 heavy (non-hydrogen) atoms. The molecule has 2 aromatic carbocycles. The summed E-state index contributed by atoms with van der Waals surface area (Å²) in [7, 11) is -3.91. The normalized spacial score (nSPS) is 15.1. The van der Waals surface area contributed by atoms with E-state index in [1.54, 1.807) is 61.7 Å². The number of carbonyl (C=O) groups excluding carboxylic acids is 1. The van der Waals surface area contributed by atoms with E-state index in [2.05, 4.69) is 15.5 Å². The van der Waals surface area contributed by atoms with Crippen LogP contribution in [0.3, 0.4) is 0 Å². The third-order valence-electron chi connectivity index (χ3n) is 5.94. The number of nitrogens with zero attached hydrogens (tertiary/aromatic N) is 2. The van der Waals surface area contributed by atoms with Crippen molar-refractivity contribution >= 4 is 32.9 Å². The molecule has 4 rings (SSSR count). The number of nitrogens with two attached hydrogens (primary N) is 2. The fourth-order valence-corrected chi connectivity index (χ4v) is 4.79. The maximum atomic E-state index is 13.2. The summed E-state index contributed by atoms with van der Waals surface area (Å²) in [6, 6.07) is 15.1. The second-order valence-electron chi connectivity index (χ2n) is 8.38. The average molecular weight is 504 g/mol. The highest BCUT2D eigenvalue weighted by Gasteiger charge is 2.23. The number of nitrogens with one attached hydrogen (secondary N) is 1. The van der Waals surface area contributed by atoms with Gasteiger partial charge in [0, 0.05) is 29.4 Å². The van der Waals surface area contributed by atoms with E-state index >= 15 is 0 Å². The minimum Gasteiger partial charge on any atom is -0.411 e. The first-order chi connectivity index (χ1) is 17.1. The third kappa shape index (κ3) is 4.90. The molecule has 1 heterocycles. The van der Waals surface area contributed by atoms with Gasteiger partial charge in [-0.1, -0.05) is 41.1 Å². The second kappa shape index (κ2) is 9.76. The molecule has 1 amide bonds. The Morgan fingerprint density at radius 1 is 1.11 bits per heavy atom. The van der Waals surface area contributed by atoms with Crippen molar-refractivity contribution in [3.8, 4) is 11.1 Å². The maximum absolute atomic E-state index is 13.2. The maximum Gasteiger partial charge on any atom is 0.257 e. The fraction of sp³-hybridized carbons (Fsp3) is 0.115. The Labute approximate surface area is 208 Å². The van der Waals surface area contributed by atoms with Crippen LogP contribution in [-0.2, 0) is 10.0 Å². The average Bonchev–Trinajstić information content (AvgIpc) is 2.85. The van der Waals surface area contributed by atoms with Gasteiger partial charge in [0.05, 0.1) is 21.8 Å². The molecule has 3 aromatic rings. The van der Waals surface area contributed by atoms with Crippen LogP contribution in [0.25, 0.3) is 16.7 Å². The highest BCUT2D eigenvalue weighted by Crippen LogP contribution is 2.31. The summed E-state index contributed by atoms with van der Waals surface area (Å²) in [5, 5.41) is 20.6. The molecule has 0 fully saturated rings. The van der Waals surface area contributed by atoms with Crippen LogP contribution in [0, 0.1) is 6.92 Å². The summed E-state index contributed by atoms with van der Waals surface area (Å²) in [5.41, 5.74) is 11.5. The summed E-state index contributed by atoms with van der Waals surface area (Å²) < 4.78 is 24.1. The number of carbonyl (C=O) groups is 1. The number of pyridine rings is 1. The van der Waals surface area contributed by atoms with Crippen molar-refractivity contribution in [1.29, 1.82) is 0 Å². The van der Waals surface area contributed by atoms with Gasteiger partial charge in [-0.3, -0.25) is 9.78 Å². The Kier molecular flexibility index (Phi) is 6.73. The number of benzene rings is 2. The lowest BCUT2D eigenvalue weighted by atomic mass is 9.90. The molecule has 0 spiro atoms. The second-order valence-corrected chi connectivity index (χ2v) is 9.91. The highest BCUT2D eigenvalue weighted by molar-refractivity contribution is 7.89. The number of anilines is 1. The number of oxime groups is 1. The number of hydrogen-bond donors (Lipinski definition) is 4. The van der Waals surface area contributed by atoms with Gasteiger partial charge < -0.3 is 16.3 Å². The third-order valence-corrected chi connectivity index (χ3v) is 6.91. The monoisotopic (exact) mass is 503 g/mol. The van der Waals surface area contributed by atoms with Crippen LogP contribution < -0.4 is 16.2 Å². The standard InChI is InChI=1S/C26H25N5O4S/c1-15-5-12-23(36(28,34)35)21(14-15)17-6-8-18(9-7-17)30-26(32)20-4-3-13-29-25(20)19-10-11-22(31-33)24(27)16(19)2/h3-10,12-14,33H,11,27H2,1-2H3,(H,30,32)(H2,28,34,35). The van der Waals surface area contributed by atoms with Gasteiger partial charge in [0.1, 0.15) is 5.71 Å². The van der Waals surface area contributed by atoms with E-state index in [9.17, 15) is 13.2 Å². The first-order valence-corrected chi connectivity index (χ1v) is 12.5. The Morgan fingerprint density at radius 3 is 2.50 bits per heavy atom. The summed E-state index contributed by atoms with van der Waals surface area (Å²) in [6.45, 7) is 3.64. The molecule has 1 aliphatic carbocycles. The van der Waals surface area contributed by atoms with Crippen LogP contribution in [0.1, 0.15) is 35.0 Å². The van der Waals surface area contributed by atoms with Crippen LogP contribution >= 0.6 is 0 Å². The van der Waals surface area contributed by atoms with Crippen molar-refractivity contribution in [2.24, 2.45) is 16.0 Å². The number of sulfonamides is 1. The van der Waals surface area contributed by atoms with Crippen LogP contribution in [0.4, 0.5) is 5.69 Å². The van der Waals surface area contributed by atoms with E-state index in [1.807, 2.05) is 13.0 Å². The molecule has 9 nitrogen and oxygen atoms in total. The summed E-state index contributed by atoms with van der Waals surface area (Å²) in [6.07, 6.45) is 3.72. The SMILES string of the molecule is CC1=C(N)C(=NO)CC=C1c1ncccc1C(=O)Nc1ccc(-c2cc(C)ccc2S(N)(=O)=O)cc1. The van der Waals surface area contributed by atoms with E-state index in [1.165, 1.54) is 6.07 Å². The number of aromatic nitrogens is 1. The largest absolute Gasteiger partial charge is 0.411 e. The molecule has 0 saturated heterocycles. The zero-order valence-corrected chi connectivity index (χ0v) is 20.5. The van der Waals surface area contributed by atoms with Crippen LogP contribution in [0.15, 0.2) is 88.2 Å². The Bertz CT molecular complexity index is 1560. The van der Waals surface area contributed by atoms with Crippen molar-refractivity contribution in [1.82, 2.24) is 4.98 Å². The Balaban J connectivity index is 1.62. The van der Waals surface area contributed by atoms with Crippen LogP contribution in [-0.4, -0.2) is 30.2 Å². The van der Waals surface area contributed by atoms with Gasteiger partial charge in [-0.15, -0.1) is 0 Å². The van der Waals surface area contributed by atoms with Crippen molar-refractivity contribution < 1.29 is 18.4 Å². The number of allylic oxidation sites excluding steroid dienone is 4. The van der Waals surface area contributed by atoms with Gasteiger partial charge in [0.25, 0.3) is 5.91 Å². The van der Waals surface area contributed by atoms with Gasteiger partial charge >= 0.3 is 0 Å². The van der Waals surface area contributed by atoms with Gasteiger partial charge in [0.2, 0.25) is 10.0 Å². The number of amides is 1. The Morgan fingerprint density at radius 2 is 1.83 bits per heavy atom. The molecule has 0 radical (unpaired) electrons. The van der Waals surface area contributed by atoms with Crippen molar-refractivity contribution in [3.63, 3.8) is 0 Å². The predicted molar refractivity (Wildman–Crippen MR) is 139 cm³/mol. The molecule has 0 bridgehead atoms. The molecular formula is C26H25N5O4S. The number of primary sulfonamides is 1. The summed E-state index contributed by atoms with van der Waals surface area (Å²) >= 11 is 0. The Hall–Kier alpha value is -4.28. The lowest BCUT2D eigenvalue weighted by molar-refractivity contribution is 0.102. The van der Waals surface area contributed by atoms with E-state index < -0.39 is 10.0 Å². The minimum atomic E-state index is -3.91. The fourth-order valence-electron chi connectivity index (χ4n) is 4.04. The zero-order chi connectivity index (χ0) is 26.0. The van der Waals surface area contributed by atoms with E-state index in [4.69, 9.17) is 16.1 Å². The molecular weight excluding hydrogens is 478 g/mol. The van der Waals surface area contributed by atoms with Crippen molar-refractivity contribution in [2.75, 3.05) is 5.32 Å². The first kappa shape index (κ1) is 24.8. The smallest absolute Gasteiger partial charge is 0.257 e. The predicted octanol–water partition coefficient (Wildman–Crippen LogP) is 3.81. The lowest BCUT2D eigenvalue weighted by Crippen LogP contribution is -2.20. The van der Waals surface area contributed by atoms with E-state index in [0.29, 0.717) is 57.0 Å². The lowest BCUT2D eigenvalue weighted by Gasteiger charge is -2.19. The van der Waals surface area contributed by atoms with Crippen LogP contribution in [0.5, 0.6) is 0 Å².